The maximum Gasteiger partial charge on any atom is 0.251 e. The number of aryl methyl sites for hydroxylation is 1. The lowest BCUT2D eigenvalue weighted by molar-refractivity contribution is -0.117. The van der Waals surface area contributed by atoms with Gasteiger partial charge < -0.3 is 15.5 Å². The fourth-order valence-electron chi connectivity index (χ4n) is 2.52. The molecule has 0 unspecified atom stereocenters. The fourth-order valence-corrected chi connectivity index (χ4v) is 3.59. The molecule has 2 aromatic rings. The molecule has 0 saturated heterocycles. The second kappa shape index (κ2) is 5.04. The third-order valence-corrected chi connectivity index (χ3v) is 5.03. The number of carbonyl (C=O) groups excluding carboxylic acids is 2. The topological polar surface area (TPSA) is 85.3 Å². The van der Waals surface area contributed by atoms with Crippen LogP contribution in [-0.4, -0.2) is 11.8 Å². The van der Waals surface area contributed by atoms with Crippen LogP contribution >= 0.6 is 11.3 Å². The lowest BCUT2D eigenvalue weighted by Gasteiger charge is -2.04. The zero-order valence-electron chi connectivity index (χ0n) is 11.8. The number of thiophene rings is 1. The number of carbonyl (C=O) groups is 2. The number of hydrogen-bond donors (Lipinski definition) is 2. The first-order chi connectivity index (χ1) is 9.99. The molecule has 2 heterocycles. The van der Waals surface area contributed by atoms with E-state index in [0.29, 0.717) is 10.6 Å². The molecule has 0 spiro atoms. The number of anilines is 1. The minimum absolute atomic E-state index is 0.0832. The van der Waals surface area contributed by atoms with E-state index in [0.717, 1.165) is 22.6 Å². The zero-order chi connectivity index (χ0) is 15.1. The predicted molar refractivity (Wildman–Crippen MR) is 80.5 cm³/mol. The molecule has 2 aromatic heterocycles. The lowest BCUT2D eigenvalue weighted by Crippen LogP contribution is -2.18. The average Bonchev–Trinajstić information content (AvgIpc) is 2.93. The van der Waals surface area contributed by atoms with Gasteiger partial charge in [0, 0.05) is 16.7 Å². The maximum absolute atomic E-state index is 12.3. The minimum Gasteiger partial charge on any atom is -0.469 e. The zero-order valence-corrected chi connectivity index (χ0v) is 12.6. The molecule has 3 N–H and O–H groups in total. The van der Waals surface area contributed by atoms with Gasteiger partial charge in [0.05, 0.1) is 11.8 Å². The molecule has 2 atom stereocenters. The molecule has 1 aliphatic carbocycles. The molecule has 0 bridgehead atoms. The van der Waals surface area contributed by atoms with E-state index in [4.69, 9.17) is 10.2 Å². The first-order valence-corrected chi connectivity index (χ1v) is 7.54. The van der Waals surface area contributed by atoms with Crippen molar-refractivity contribution < 1.29 is 14.0 Å². The van der Waals surface area contributed by atoms with E-state index in [1.54, 1.807) is 6.26 Å². The van der Waals surface area contributed by atoms with Crippen molar-refractivity contribution in [2.75, 3.05) is 5.32 Å². The molecule has 3 rings (SSSR count). The SMILES string of the molecule is Cc1sc(NC(=O)[C@H]2C[C@H]2c2ccco2)c(C(N)=O)c1C. The van der Waals surface area contributed by atoms with Crippen molar-refractivity contribution in [2.45, 2.75) is 26.2 Å². The van der Waals surface area contributed by atoms with E-state index >= 15 is 0 Å². The van der Waals surface area contributed by atoms with Crippen molar-refractivity contribution in [1.82, 2.24) is 0 Å². The molecule has 6 heteroatoms. The Balaban J connectivity index is 1.75. The predicted octanol–water partition coefficient (Wildman–Crippen LogP) is 2.80. The largest absolute Gasteiger partial charge is 0.469 e. The summed E-state index contributed by atoms with van der Waals surface area (Å²) in [5, 5.41) is 3.39. The summed E-state index contributed by atoms with van der Waals surface area (Å²) in [4.78, 5) is 24.8. The van der Waals surface area contributed by atoms with Gasteiger partial charge in [0.15, 0.2) is 0 Å². The fraction of sp³-hybridized carbons (Fsp3) is 0.333. The molecular weight excluding hydrogens is 288 g/mol. The van der Waals surface area contributed by atoms with Gasteiger partial charge in [-0.05, 0) is 38.0 Å². The van der Waals surface area contributed by atoms with Crippen molar-refractivity contribution in [3.8, 4) is 0 Å². The first-order valence-electron chi connectivity index (χ1n) is 6.73. The molecule has 1 saturated carbocycles. The van der Waals surface area contributed by atoms with E-state index in [9.17, 15) is 9.59 Å². The average molecular weight is 304 g/mol. The van der Waals surface area contributed by atoms with Gasteiger partial charge in [-0.2, -0.15) is 0 Å². The van der Waals surface area contributed by atoms with E-state index < -0.39 is 5.91 Å². The Morgan fingerprint density at radius 1 is 1.43 bits per heavy atom. The Kier molecular flexibility index (Phi) is 3.33. The smallest absolute Gasteiger partial charge is 0.251 e. The monoisotopic (exact) mass is 304 g/mol. The second-order valence-electron chi connectivity index (χ2n) is 5.30. The first kappa shape index (κ1) is 13.9. The van der Waals surface area contributed by atoms with Gasteiger partial charge in [0.2, 0.25) is 5.91 Å². The molecular formula is C15H16N2O3S. The van der Waals surface area contributed by atoms with E-state index in [1.807, 2.05) is 26.0 Å². The molecule has 0 aromatic carbocycles. The molecule has 21 heavy (non-hydrogen) atoms. The van der Waals surface area contributed by atoms with Crippen molar-refractivity contribution in [2.24, 2.45) is 11.7 Å². The molecule has 1 fully saturated rings. The van der Waals surface area contributed by atoms with E-state index in [1.165, 1.54) is 11.3 Å². The van der Waals surface area contributed by atoms with Crippen LogP contribution in [0.5, 0.6) is 0 Å². The summed E-state index contributed by atoms with van der Waals surface area (Å²) in [7, 11) is 0. The van der Waals surface area contributed by atoms with Gasteiger partial charge in [-0.3, -0.25) is 9.59 Å². The van der Waals surface area contributed by atoms with Crippen LogP contribution in [0.4, 0.5) is 5.00 Å². The Bertz CT molecular complexity index is 703. The minimum atomic E-state index is -0.509. The molecule has 110 valence electrons. The third-order valence-electron chi connectivity index (χ3n) is 3.90. The molecule has 0 radical (unpaired) electrons. The standard InChI is InChI=1S/C15H16N2O3S/c1-7-8(2)21-15(12(7)13(16)18)17-14(19)10-6-9(10)11-4-3-5-20-11/h3-5,9-10H,6H2,1-2H3,(H2,16,18)(H,17,19)/t9-,10+/m1/s1. The van der Waals surface area contributed by atoms with E-state index in [2.05, 4.69) is 5.32 Å². The van der Waals surface area contributed by atoms with Crippen LogP contribution < -0.4 is 11.1 Å². The van der Waals surface area contributed by atoms with Crippen LogP contribution in [0.2, 0.25) is 0 Å². The molecule has 0 aliphatic heterocycles. The van der Waals surface area contributed by atoms with Gasteiger partial charge in [0.25, 0.3) is 5.91 Å². The van der Waals surface area contributed by atoms with Gasteiger partial charge in [0.1, 0.15) is 10.8 Å². The summed E-state index contributed by atoms with van der Waals surface area (Å²) in [6.07, 6.45) is 2.38. The number of nitrogens with one attached hydrogen (secondary N) is 1. The molecule has 2 amide bonds. The van der Waals surface area contributed by atoms with Crippen LogP contribution in [0.25, 0.3) is 0 Å². The quantitative estimate of drug-likeness (QED) is 0.910. The highest BCUT2D eigenvalue weighted by Gasteiger charge is 2.46. The number of primary amides is 1. The Hall–Kier alpha value is -2.08. The second-order valence-corrected chi connectivity index (χ2v) is 6.53. The summed E-state index contributed by atoms with van der Waals surface area (Å²) in [6, 6.07) is 3.70. The highest BCUT2D eigenvalue weighted by molar-refractivity contribution is 7.16. The van der Waals surface area contributed by atoms with Crippen LogP contribution in [0, 0.1) is 19.8 Å². The number of hydrogen-bond acceptors (Lipinski definition) is 4. The maximum atomic E-state index is 12.3. The summed E-state index contributed by atoms with van der Waals surface area (Å²) in [6.45, 7) is 3.75. The summed E-state index contributed by atoms with van der Waals surface area (Å²) in [5.41, 5.74) is 6.65. The molecule has 1 aliphatic rings. The van der Waals surface area contributed by atoms with Crippen LogP contribution in [-0.2, 0) is 4.79 Å². The number of furan rings is 1. The van der Waals surface area contributed by atoms with Gasteiger partial charge in [-0.15, -0.1) is 11.3 Å². The third kappa shape index (κ3) is 2.47. The van der Waals surface area contributed by atoms with Crippen molar-refractivity contribution in [3.05, 3.63) is 40.2 Å². The lowest BCUT2D eigenvalue weighted by atomic mass is 10.1. The summed E-state index contributed by atoms with van der Waals surface area (Å²) in [5.74, 6) is 0.285. The van der Waals surface area contributed by atoms with Gasteiger partial charge in [-0.1, -0.05) is 0 Å². The van der Waals surface area contributed by atoms with Crippen molar-refractivity contribution in [1.29, 1.82) is 0 Å². The summed E-state index contributed by atoms with van der Waals surface area (Å²) >= 11 is 1.39. The number of amides is 2. The van der Waals surface area contributed by atoms with Crippen LogP contribution in [0.1, 0.15) is 38.9 Å². The Labute approximate surface area is 126 Å². The van der Waals surface area contributed by atoms with E-state index in [-0.39, 0.29) is 17.7 Å². The molecule has 5 nitrogen and oxygen atoms in total. The van der Waals surface area contributed by atoms with Crippen LogP contribution in [0.15, 0.2) is 22.8 Å². The van der Waals surface area contributed by atoms with Gasteiger partial charge in [-0.25, -0.2) is 0 Å². The van der Waals surface area contributed by atoms with Gasteiger partial charge >= 0.3 is 0 Å². The Morgan fingerprint density at radius 2 is 2.19 bits per heavy atom. The normalized spacial score (nSPS) is 20.3. The summed E-state index contributed by atoms with van der Waals surface area (Å²) < 4.78 is 5.32. The van der Waals surface area contributed by atoms with Crippen LogP contribution in [0.3, 0.4) is 0 Å². The van der Waals surface area contributed by atoms with Crippen molar-refractivity contribution >= 4 is 28.2 Å². The number of nitrogens with two attached hydrogens (primary N) is 1. The number of rotatable bonds is 4. The highest BCUT2D eigenvalue weighted by atomic mass is 32.1. The highest BCUT2D eigenvalue weighted by Crippen LogP contribution is 2.48. The van der Waals surface area contributed by atoms with Crippen molar-refractivity contribution in [3.63, 3.8) is 0 Å². The Morgan fingerprint density at radius 3 is 2.81 bits per heavy atom.